The molecule has 7 nitrogen and oxygen atoms in total. The number of anilines is 1. The van der Waals surface area contributed by atoms with Crippen LogP contribution in [0.4, 0.5) is 5.69 Å². The predicted molar refractivity (Wildman–Crippen MR) is 111 cm³/mol. The lowest BCUT2D eigenvalue weighted by atomic mass is 10.1. The van der Waals surface area contributed by atoms with Crippen molar-refractivity contribution in [2.24, 2.45) is 10.8 Å². The molecule has 0 saturated heterocycles. The van der Waals surface area contributed by atoms with Crippen molar-refractivity contribution in [1.29, 1.82) is 0 Å². The zero-order valence-electron chi connectivity index (χ0n) is 15.4. The highest BCUT2D eigenvalue weighted by Gasteiger charge is 2.10. The van der Waals surface area contributed by atoms with Crippen LogP contribution in [0.1, 0.15) is 16.7 Å². The van der Waals surface area contributed by atoms with E-state index in [0.717, 1.165) is 22.4 Å². The van der Waals surface area contributed by atoms with Crippen LogP contribution in [0.25, 0.3) is 0 Å². The van der Waals surface area contributed by atoms with Gasteiger partial charge in [-0.2, -0.15) is 5.10 Å². The van der Waals surface area contributed by atoms with E-state index in [4.69, 9.17) is 15.2 Å². The fourth-order valence-corrected chi connectivity index (χ4v) is 2.39. The van der Waals surface area contributed by atoms with E-state index >= 15 is 0 Å². The van der Waals surface area contributed by atoms with Crippen molar-refractivity contribution in [2.45, 2.75) is 13.8 Å². The third-order valence-corrected chi connectivity index (χ3v) is 3.68. The number of aryl methyl sites for hydroxylation is 2. The Morgan fingerprint density at radius 2 is 2.00 bits per heavy atom. The number of carbonyl (C=O) groups is 1. The van der Waals surface area contributed by atoms with E-state index in [1.807, 2.05) is 32.0 Å². The minimum absolute atomic E-state index is 0.0768. The Morgan fingerprint density at radius 3 is 2.67 bits per heavy atom. The van der Waals surface area contributed by atoms with Crippen LogP contribution >= 0.6 is 12.2 Å². The summed E-state index contributed by atoms with van der Waals surface area (Å²) in [4.78, 5) is 12.2. The van der Waals surface area contributed by atoms with Gasteiger partial charge in [0.1, 0.15) is 0 Å². The molecule has 1 amide bonds. The summed E-state index contributed by atoms with van der Waals surface area (Å²) in [6, 6.07) is 11.0. The molecule has 0 atom stereocenters. The fourth-order valence-electron chi connectivity index (χ4n) is 2.34. The summed E-state index contributed by atoms with van der Waals surface area (Å²) in [7, 11) is 1.52. The molecule has 8 heteroatoms. The maximum atomic E-state index is 12.2. The second-order valence-electron chi connectivity index (χ2n) is 5.80. The molecule has 27 heavy (non-hydrogen) atoms. The number of nitrogens with one attached hydrogen (secondary N) is 2. The average Bonchev–Trinajstić information content (AvgIpc) is 2.62. The molecule has 0 heterocycles. The Kier molecular flexibility index (Phi) is 7.13. The molecule has 142 valence electrons. The maximum Gasteiger partial charge on any atom is 0.262 e. The van der Waals surface area contributed by atoms with Crippen LogP contribution in [0, 0.1) is 13.8 Å². The first kappa shape index (κ1) is 20.2. The van der Waals surface area contributed by atoms with Gasteiger partial charge < -0.3 is 20.5 Å². The van der Waals surface area contributed by atoms with E-state index in [1.54, 1.807) is 24.4 Å². The number of hydrogen-bond acceptors (Lipinski definition) is 5. The van der Waals surface area contributed by atoms with Crippen molar-refractivity contribution < 1.29 is 14.3 Å². The van der Waals surface area contributed by atoms with Crippen molar-refractivity contribution in [2.75, 3.05) is 19.0 Å². The molecular formula is C19H22N4O3S. The molecule has 2 aromatic rings. The molecule has 0 saturated carbocycles. The van der Waals surface area contributed by atoms with Crippen LogP contribution in [-0.2, 0) is 4.79 Å². The molecule has 0 bridgehead atoms. The molecular weight excluding hydrogens is 364 g/mol. The van der Waals surface area contributed by atoms with Crippen LogP contribution in [0.3, 0.4) is 0 Å². The van der Waals surface area contributed by atoms with Crippen molar-refractivity contribution in [1.82, 2.24) is 5.43 Å². The molecule has 0 fully saturated rings. The number of ether oxygens (including phenoxy) is 2. The third-order valence-electron chi connectivity index (χ3n) is 3.59. The first-order valence-corrected chi connectivity index (χ1v) is 8.56. The lowest BCUT2D eigenvalue weighted by Crippen LogP contribution is -2.24. The summed E-state index contributed by atoms with van der Waals surface area (Å²) in [5.41, 5.74) is 11.4. The van der Waals surface area contributed by atoms with Gasteiger partial charge in [0.15, 0.2) is 23.2 Å². The molecule has 2 rings (SSSR count). The largest absolute Gasteiger partial charge is 0.493 e. The average molecular weight is 386 g/mol. The third kappa shape index (κ3) is 6.27. The Hall–Kier alpha value is -3.13. The van der Waals surface area contributed by atoms with Gasteiger partial charge in [0.25, 0.3) is 5.91 Å². The number of rotatable bonds is 7. The van der Waals surface area contributed by atoms with E-state index < -0.39 is 0 Å². The lowest BCUT2D eigenvalue weighted by Gasteiger charge is -2.12. The van der Waals surface area contributed by atoms with E-state index in [2.05, 4.69) is 28.1 Å². The lowest BCUT2D eigenvalue weighted by molar-refractivity contribution is -0.118. The van der Waals surface area contributed by atoms with E-state index in [1.165, 1.54) is 7.11 Å². The summed E-state index contributed by atoms with van der Waals surface area (Å²) < 4.78 is 10.9. The second kappa shape index (κ2) is 9.54. The number of benzene rings is 2. The summed E-state index contributed by atoms with van der Waals surface area (Å²) in [5, 5.41) is 6.79. The van der Waals surface area contributed by atoms with Crippen LogP contribution in [-0.4, -0.2) is 31.0 Å². The SMILES string of the molecule is COc1cc(/C=N/NC(N)=S)ccc1OCC(=O)Nc1ccc(C)cc1C. The number of hydrazone groups is 1. The smallest absolute Gasteiger partial charge is 0.262 e. The Bertz CT molecular complexity index is 868. The topological polar surface area (TPSA) is 98.0 Å². The van der Waals surface area contributed by atoms with Gasteiger partial charge in [-0.25, -0.2) is 0 Å². The zero-order chi connectivity index (χ0) is 19.8. The van der Waals surface area contributed by atoms with Crippen molar-refractivity contribution >= 4 is 35.1 Å². The molecule has 0 spiro atoms. The van der Waals surface area contributed by atoms with E-state index in [0.29, 0.717) is 11.5 Å². The standard InChI is InChI=1S/C19H22N4O3S/c1-12-4-6-15(13(2)8-12)22-18(24)11-26-16-7-5-14(9-17(16)25-3)10-21-23-19(20)27/h4-10H,11H2,1-3H3,(H,22,24)(H3,20,23,27)/b21-10+. The van der Waals surface area contributed by atoms with Gasteiger partial charge in [-0.3, -0.25) is 10.2 Å². The predicted octanol–water partition coefficient (Wildman–Crippen LogP) is 2.50. The summed E-state index contributed by atoms with van der Waals surface area (Å²) in [5.74, 6) is 0.677. The number of methoxy groups -OCH3 is 1. The maximum absolute atomic E-state index is 12.2. The monoisotopic (exact) mass is 386 g/mol. The Morgan fingerprint density at radius 1 is 1.22 bits per heavy atom. The number of nitrogens with zero attached hydrogens (tertiary/aromatic N) is 1. The van der Waals surface area contributed by atoms with Crippen molar-refractivity contribution in [3.05, 3.63) is 53.1 Å². The van der Waals surface area contributed by atoms with Gasteiger partial charge in [0.2, 0.25) is 0 Å². The summed E-state index contributed by atoms with van der Waals surface area (Å²) in [6.07, 6.45) is 1.54. The highest BCUT2D eigenvalue weighted by atomic mass is 32.1. The second-order valence-corrected chi connectivity index (χ2v) is 6.24. The van der Waals surface area contributed by atoms with Gasteiger partial charge in [-0.15, -0.1) is 0 Å². The quantitative estimate of drug-likeness (QED) is 0.384. The first-order valence-electron chi connectivity index (χ1n) is 8.15. The van der Waals surface area contributed by atoms with E-state index in [-0.39, 0.29) is 17.6 Å². The highest BCUT2D eigenvalue weighted by Crippen LogP contribution is 2.27. The Labute approximate surface area is 163 Å². The summed E-state index contributed by atoms with van der Waals surface area (Å²) in [6.45, 7) is 3.81. The molecule has 4 N–H and O–H groups in total. The van der Waals surface area contributed by atoms with Crippen LogP contribution in [0.15, 0.2) is 41.5 Å². The fraction of sp³-hybridized carbons (Fsp3) is 0.211. The van der Waals surface area contributed by atoms with Crippen LogP contribution in [0.2, 0.25) is 0 Å². The number of hydrogen-bond donors (Lipinski definition) is 3. The van der Waals surface area contributed by atoms with Gasteiger partial charge in [-0.1, -0.05) is 17.7 Å². The first-order chi connectivity index (χ1) is 12.9. The Balaban J connectivity index is 1.98. The molecule has 0 aliphatic heterocycles. The van der Waals surface area contributed by atoms with Gasteiger partial charge >= 0.3 is 0 Å². The summed E-state index contributed by atoms with van der Waals surface area (Å²) >= 11 is 4.67. The van der Waals surface area contributed by atoms with Crippen LogP contribution in [0.5, 0.6) is 11.5 Å². The molecule has 2 aromatic carbocycles. The minimum atomic E-state index is -0.254. The van der Waals surface area contributed by atoms with Gasteiger partial charge in [0.05, 0.1) is 13.3 Å². The molecule has 0 aromatic heterocycles. The van der Waals surface area contributed by atoms with Crippen LogP contribution < -0.4 is 25.9 Å². The highest BCUT2D eigenvalue weighted by molar-refractivity contribution is 7.80. The number of nitrogens with two attached hydrogens (primary N) is 1. The molecule has 0 aliphatic carbocycles. The molecule has 0 unspecified atom stereocenters. The van der Waals surface area contributed by atoms with E-state index in [9.17, 15) is 4.79 Å². The van der Waals surface area contributed by atoms with Crippen molar-refractivity contribution in [3.8, 4) is 11.5 Å². The van der Waals surface area contributed by atoms with Crippen molar-refractivity contribution in [3.63, 3.8) is 0 Å². The number of thiocarbonyl (C=S) groups is 1. The molecule has 0 aliphatic rings. The number of amides is 1. The number of carbonyl (C=O) groups excluding carboxylic acids is 1. The van der Waals surface area contributed by atoms with Gasteiger partial charge in [-0.05, 0) is 61.5 Å². The zero-order valence-corrected chi connectivity index (χ0v) is 16.2. The minimum Gasteiger partial charge on any atom is -0.493 e. The van der Waals surface area contributed by atoms with Gasteiger partial charge in [0, 0.05) is 5.69 Å². The normalized spacial score (nSPS) is 10.5. The molecule has 0 radical (unpaired) electrons.